The minimum absolute atomic E-state index is 0.0383. The van der Waals surface area contributed by atoms with Crippen molar-refractivity contribution in [2.24, 2.45) is 17.6 Å². The van der Waals surface area contributed by atoms with E-state index in [-0.39, 0.29) is 5.91 Å². The Kier molecular flexibility index (Phi) is 5.54. The molecule has 3 rings (SSSR count). The molecule has 0 spiro atoms. The lowest BCUT2D eigenvalue weighted by Gasteiger charge is -2.15. The largest absolute Gasteiger partial charge is 0.383 e. The number of H-pyrrole nitrogens is 1. The monoisotopic (exact) mass is 362 g/mol. The van der Waals surface area contributed by atoms with Crippen LogP contribution in [0.15, 0.2) is 18.2 Å². The van der Waals surface area contributed by atoms with Crippen LogP contribution in [0.25, 0.3) is 10.9 Å². The first kappa shape index (κ1) is 18.1. The Hall–Kier alpha value is -1.72. The first-order chi connectivity index (χ1) is 12.0. The lowest BCUT2D eigenvalue weighted by atomic mass is 10.1. The van der Waals surface area contributed by atoms with E-state index in [4.69, 9.17) is 17.3 Å². The van der Waals surface area contributed by atoms with Crippen molar-refractivity contribution in [1.29, 1.82) is 0 Å². The Morgan fingerprint density at radius 1 is 1.44 bits per heavy atom. The van der Waals surface area contributed by atoms with Crippen molar-refractivity contribution in [2.45, 2.75) is 26.7 Å². The fraction of sp³-hybridized carbons (Fsp3) is 0.526. The molecule has 0 radical (unpaired) electrons. The lowest BCUT2D eigenvalue weighted by Crippen LogP contribution is -2.30. The molecule has 1 atom stereocenters. The molecule has 25 heavy (non-hydrogen) atoms. The molecule has 1 aliphatic rings. The number of rotatable bonds is 6. The van der Waals surface area contributed by atoms with E-state index in [0.717, 1.165) is 49.1 Å². The van der Waals surface area contributed by atoms with Crippen molar-refractivity contribution in [3.05, 3.63) is 28.9 Å². The molecule has 2 heterocycles. The Labute approximate surface area is 153 Å². The van der Waals surface area contributed by atoms with E-state index in [9.17, 15) is 4.79 Å². The highest BCUT2D eigenvalue weighted by molar-refractivity contribution is 6.32. The van der Waals surface area contributed by atoms with Gasteiger partial charge in [-0.1, -0.05) is 25.4 Å². The molecule has 1 amide bonds. The number of anilines is 1. The molecule has 1 fully saturated rings. The smallest absolute Gasteiger partial charge is 0.270 e. The van der Waals surface area contributed by atoms with Gasteiger partial charge >= 0.3 is 0 Å². The number of aromatic amines is 1. The predicted molar refractivity (Wildman–Crippen MR) is 104 cm³/mol. The van der Waals surface area contributed by atoms with Gasteiger partial charge in [-0.05, 0) is 49.4 Å². The summed E-state index contributed by atoms with van der Waals surface area (Å²) in [6.45, 7) is 7.42. The number of hydrogen-bond donors (Lipinski definition) is 3. The van der Waals surface area contributed by atoms with Gasteiger partial charge in [-0.3, -0.25) is 4.79 Å². The van der Waals surface area contributed by atoms with Gasteiger partial charge in [-0.25, -0.2) is 0 Å². The van der Waals surface area contributed by atoms with E-state index in [0.29, 0.717) is 29.1 Å². The van der Waals surface area contributed by atoms with Crippen LogP contribution < -0.4 is 11.1 Å². The Morgan fingerprint density at radius 3 is 2.92 bits per heavy atom. The summed E-state index contributed by atoms with van der Waals surface area (Å²) >= 11 is 6.26. The SMILES string of the molecule is CC(C)CCNc1cc(Cl)cc2cc(C(=O)N3CCC(CN)C3)[nH]c12. The van der Waals surface area contributed by atoms with Crippen LogP contribution in [0.5, 0.6) is 0 Å². The highest BCUT2D eigenvalue weighted by Gasteiger charge is 2.27. The number of aromatic nitrogens is 1. The van der Waals surface area contributed by atoms with Gasteiger partial charge < -0.3 is 20.9 Å². The van der Waals surface area contributed by atoms with Gasteiger partial charge in [-0.2, -0.15) is 0 Å². The summed E-state index contributed by atoms with van der Waals surface area (Å²) in [6.07, 6.45) is 2.06. The van der Waals surface area contributed by atoms with Crippen LogP contribution in [0.4, 0.5) is 5.69 Å². The van der Waals surface area contributed by atoms with E-state index in [1.807, 2.05) is 23.1 Å². The average molecular weight is 363 g/mol. The second kappa shape index (κ2) is 7.67. The van der Waals surface area contributed by atoms with Crippen molar-refractivity contribution >= 4 is 34.1 Å². The van der Waals surface area contributed by atoms with Crippen molar-refractivity contribution < 1.29 is 4.79 Å². The van der Waals surface area contributed by atoms with Crippen LogP contribution in [0.3, 0.4) is 0 Å². The maximum Gasteiger partial charge on any atom is 0.270 e. The number of halogens is 1. The number of carbonyl (C=O) groups is 1. The van der Waals surface area contributed by atoms with Crippen LogP contribution in [0.1, 0.15) is 37.2 Å². The molecule has 0 aliphatic carbocycles. The number of hydrogen-bond acceptors (Lipinski definition) is 3. The molecule has 1 saturated heterocycles. The van der Waals surface area contributed by atoms with Gasteiger partial charge in [0.2, 0.25) is 0 Å². The third-order valence-electron chi connectivity index (χ3n) is 4.87. The van der Waals surface area contributed by atoms with Crippen molar-refractivity contribution in [2.75, 3.05) is 31.5 Å². The Morgan fingerprint density at radius 2 is 2.24 bits per heavy atom. The summed E-state index contributed by atoms with van der Waals surface area (Å²) in [5.41, 5.74) is 8.23. The van der Waals surface area contributed by atoms with Gasteiger partial charge in [0, 0.05) is 30.0 Å². The molecule has 4 N–H and O–H groups in total. The number of nitrogens with two attached hydrogens (primary N) is 1. The third-order valence-corrected chi connectivity index (χ3v) is 5.09. The van der Waals surface area contributed by atoms with Crippen molar-refractivity contribution in [3.63, 3.8) is 0 Å². The van der Waals surface area contributed by atoms with E-state index < -0.39 is 0 Å². The van der Waals surface area contributed by atoms with Crippen LogP contribution in [0, 0.1) is 11.8 Å². The van der Waals surface area contributed by atoms with E-state index in [1.165, 1.54) is 0 Å². The maximum absolute atomic E-state index is 12.8. The third kappa shape index (κ3) is 4.10. The standard InChI is InChI=1S/C19H27ClN4O/c1-12(2)3-5-22-16-9-15(20)7-14-8-17(23-18(14)16)19(25)24-6-4-13(10-21)11-24/h7-9,12-13,22-23H,3-6,10-11,21H2,1-2H3. The van der Waals surface area contributed by atoms with E-state index in [1.54, 1.807) is 0 Å². The summed E-state index contributed by atoms with van der Waals surface area (Å²) in [7, 11) is 0. The molecular weight excluding hydrogens is 336 g/mol. The molecule has 1 aliphatic heterocycles. The fourth-order valence-electron chi connectivity index (χ4n) is 3.34. The molecule has 6 heteroatoms. The Bertz CT molecular complexity index is 755. The topological polar surface area (TPSA) is 74.2 Å². The number of likely N-dealkylation sites (tertiary alicyclic amines) is 1. The fourth-order valence-corrected chi connectivity index (χ4v) is 3.56. The zero-order valence-corrected chi connectivity index (χ0v) is 15.7. The molecule has 5 nitrogen and oxygen atoms in total. The predicted octanol–water partition coefficient (Wildman–Crippen LogP) is 3.70. The highest BCUT2D eigenvalue weighted by atomic mass is 35.5. The van der Waals surface area contributed by atoms with Crippen molar-refractivity contribution in [3.8, 4) is 0 Å². The summed E-state index contributed by atoms with van der Waals surface area (Å²) in [6, 6.07) is 5.70. The number of benzene rings is 1. The molecule has 0 bridgehead atoms. The normalized spacial score (nSPS) is 17.6. The Balaban J connectivity index is 1.82. The summed E-state index contributed by atoms with van der Waals surface area (Å²) in [5, 5.41) is 5.07. The molecule has 1 unspecified atom stereocenters. The minimum Gasteiger partial charge on any atom is -0.383 e. The molecule has 1 aromatic heterocycles. The van der Waals surface area contributed by atoms with Crippen LogP contribution in [-0.4, -0.2) is 42.0 Å². The number of fused-ring (bicyclic) bond motifs is 1. The lowest BCUT2D eigenvalue weighted by molar-refractivity contribution is 0.0783. The first-order valence-corrected chi connectivity index (χ1v) is 9.41. The highest BCUT2D eigenvalue weighted by Crippen LogP contribution is 2.29. The van der Waals surface area contributed by atoms with Crippen LogP contribution in [0.2, 0.25) is 5.02 Å². The molecule has 2 aromatic rings. The number of amides is 1. The molecular formula is C19H27ClN4O. The first-order valence-electron chi connectivity index (χ1n) is 9.03. The van der Waals surface area contributed by atoms with Gasteiger partial charge in [0.15, 0.2) is 0 Å². The van der Waals surface area contributed by atoms with Gasteiger partial charge in [0.05, 0.1) is 11.2 Å². The summed E-state index contributed by atoms with van der Waals surface area (Å²) < 4.78 is 0. The zero-order valence-electron chi connectivity index (χ0n) is 14.9. The zero-order chi connectivity index (χ0) is 18.0. The van der Waals surface area contributed by atoms with Gasteiger partial charge in [0.25, 0.3) is 5.91 Å². The minimum atomic E-state index is 0.0383. The van der Waals surface area contributed by atoms with Gasteiger partial charge in [-0.15, -0.1) is 0 Å². The van der Waals surface area contributed by atoms with Crippen molar-refractivity contribution in [1.82, 2.24) is 9.88 Å². The van der Waals surface area contributed by atoms with Crippen LogP contribution in [-0.2, 0) is 0 Å². The second-order valence-corrected chi connectivity index (χ2v) is 7.79. The summed E-state index contributed by atoms with van der Waals surface area (Å²) in [4.78, 5) is 18.0. The quantitative estimate of drug-likeness (QED) is 0.733. The molecule has 0 saturated carbocycles. The molecule has 1 aromatic carbocycles. The van der Waals surface area contributed by atoms with Gasteiger partial charge in [0.1, 0.15) is 5.69 Å². The number of carbonyl (C=O) groups excluding carboxylic acids is 1. The second-order valence-electron chi connectivity index (χ2n) is 7.35. The summed E-state index contributed by atoms with van der Waals surface area (Å²) in [5.74, 6) is 1.08. The average Bonchev–Trinajstić information content (AvgIpc) is 3.20. The number of nitrogens with zero attached hydrogens (tertiary/aromatic N) is 1. The molecule has 136 valence electrons. The van der Waals surface area contributed by atoms with Crippen LogP contribution >= 0.6 is 11.6 Å². The van der Waals surface area contributed by atoms with E-state index >= 15 is 0 Å². The maximum atomic E-state index is 12.8. The number of nitrogens with one attached hydrogen (secondary N) is 2. The van der Waals surface area contributed by atoms with E-state index in [2.05, 4.69) is 24.1 Å².